The number of carbonyl (C=O) groups is 2. The molecule has 0 aliphatic carbocycles. The second-order valence-corrected chi connectivity index (χ2v) is 18.0. The smallest absolute Gasteiger partial charge is 0.306 e. The van der Waals surface area contributed by atoms with Crippen LogP contribution in [0, 0.1) is 0 Å². The van der Waals surface area contributed by atoms with E-state index in [0.29, 0.717) is 19.3 Å². The topological polar surface area (TPSA) is 95.9 Å². The zero-order valence-corrected chi connectivity index (χ0v) is 41.4. The number of allylic oxidation sites excluding steroid dienone is 12. The number of unbranched alkanes of at least 4 members (excludes halogenated alkanes) is 27. The molecule has 364 valence electrons. The highest BCUT2D eigenvalue weighted by atomic mass is 16.5. The summed E-state index contributed by atoms with van der Waals surface area (Å²) >= 11 is 0. The van der Waals surface area contributed by atoms with Gasteiger partial charge in [0.1, 0.15) is 6.10 Å². The fourth-order valence-electron chi connectivity index (χ4n) is 7.79. The van der Waals surface area contributed by atoms with Crippen molar-refractivity contribution in [2.24, 2.45) is 0 Å². The normalized spacial score (nSPS) is 13.8. The Hall–Kier alpha value is -2.70. The number of amides is 1. The molecule has 0 aromatic heterocycles. The monoisotopic (exact) mass is 880 g/mol. The summed E-state index contributed by atoms with van der Waals surface area (Å²) in [6.07, 6.45) is 63.9. The molecule has 0 aliphatic heterocycles. The fraction of sp³-hybridized carbons (Fsp3) is 0.754. The molecule has 0 heterocycles. The Morgan fingerprint density at radius 3 is 1.29 bits per heavy atom. The van der Waals surface area contributed by atoms with Gasteiger partial charge in [0.05, 0.1) is 25.2 Å². The maximum Gasteiger partial charge on any atom is 0.306 e. The summed E-state index contributed by atoms with van der Waals surface area (Å²) in [5.74, 6) is -0.531. The van der Waals surface area contributed by atoms with Crippen molar-refractivity contribution in [3.05, 3.63) is 72.9 Å². The van der Waals surface area contributed by atoms with Gasteiger partial charge in [0.25, 0.3) is 0 Å². The first-order valence-corrected chi connectivity index (χ1v) is 26.7. The number of rotatable bonds is 47. The van der Waals surface area contributed by atoms with E-state index in [9.17, 15) is 19.8 Å². The Labute approximate surface area is 390 Å². The van der Waals surface area contributed by atoms with Gasteiger partial charge in [-0.25, -0.2) is 0 Å². The van der Waals surface area contributed by atoms with E-state index in [1.54, 1.807) is 0 Å². The van der Waals surface area contributed by atoms with E-state index in [4.69, 9.17) is 4.74 Å². The van der Waals surface area contributed by atoms with Crippen LogP contribution in [0.2, 0.25) is 0 Å². The molecule has 3 N–H and O–H groups in total. The summed E-state index contributed by atoms with van der Waals surface area (Å²) in [4.78, 5) is 26.2. The van der Waals surface area contributed by atoms with Gasteiger partial charge in [-0.3, -0.25) is 9.59 Å². The average molecular weight is 880 g/mol. The van der Waals surface area contributed by atoms with Crippen LogP contribution in [0.15, 0.2) is 72.9 Å². The molecule has 1 amide bonds. The quantitative estimate of drug-likeness (QED) is 0.0321. The molecule has 0 spiro atoms. The van der Waals surface area contributed by atoms with Gasteiger partial charge in [0, 0.05) is 6.42 Å². The molecule has 0 rings (SSSR count). The molecule has 6 nitrogen and oxygen atoms in total. The Kier molecular flexibility index (Phi) is 48.1. The van der Waals surface area contributed by atoms with Crippen LogP contribution in [0.1, 0.15) is 252 Å². The molecule has 0 radical (unpaired) electrons. The summed E-state index contributed by atoms with van der Waals surface area (Å²) < 4.78 is 5.92. The van der Waals surface area contributed by atoms with Gasteiger partial charge in [-0.15, -0.1) is 0 Å². The van der Waals surface area contributed by atoms with Gasteiger partial charge in [-0.2, -0.15) is 0 Å². The molecule has 0 aromatic carbocycles. The summed E-state index contributed by atoms with van der Waals surface area (Å²) in [5.41, 5.74) is 0. The third-order valence-electron chi connectivity index (χ3n) is 11.9. The summed E-state index contributed by atoms with van der Waals surface area (Å²) in [5, 5.41) is 23.7. The number of hydrogen-bond donors (Lipinski definition) is 3. The van der Waals surface area contributed by atoms with Crippen LogP contribution in [0.25, 0.3) is 0 Å². The summed E-state index contributed by atoms with van der Waals surface area (Å²) in [6, 6.07) is -0.720. The van der Waals surface area contributed by atoms with Crippen LogP contribution in [0.3, 0.4) is 0 Å². The lowest BCUT2D eigenvalue weighted by atomic mass is 10.0. The Balaban J connectivity index is 4.69. The highest BCUT2D eigenvalue weighted by molar-refractivity contribution is 5.77. The maximum atomic E-state index is 13.2. The first-order chi connectivity index (χ1) is 31.0. The van der Waals surface area contributed by atoms with Crippen LogP contribution >= 0.6 is 0 Å². The van der Waals surface area contributed by atoms with Crippen molar-refractivity contribution in [3.8, 4) is 0 Å². The van der Waals surface area contributed by atoms with E-state index in [1.807, 2.05) is 6.08 Å². The van der Waals surface area contributed by atoms with Gasteiger partial charge in [0.2, 0.25) is 5.91 Å². The molecule has 0 aromatic rings. The highest BCUT2D eigenvalue weighted by Gasteiger charge is 2.24. The molecule has 3 atom stereocenters. The lowest BCUT2D eigenvalue weighted by Gasteiger charge is -2.24. The van der Waals surface area contributed by atoms with Gasteiger partial charge >= 0.3 is 5.97 Å². The van der Waals surface area contributed by atoms with Crippen LogP contribution in [0.5, 0.6) is 0 Å². The first-order valence-electron chi connectivity index (χ1n) is 26.7. The van der Waals surface area contributed by atoms with Crippen molar-refractivity contribution in [1.82, 2.24) is 5.32 Å². The number of carbonyl (C=O) groups excluding carboxylic acids is 2. The molecular formula is C57H101NO5. The largest absolute Gasteiger partial charge is 0.462 e. The van der Waals surface area contributed by atoms with Crippen LogP contribution < -0.4 is 5.32 Å². The number of ether oxygens (including phenoxy) is 1. The molecule has 6 heteroatoms. The van der Waals surface area contributed by atoms with Crippen molar-refractivity contribution >= 4 is 11.9 Å². The molecule has 0 bridgehead atoms. The molecule has 3 unspecified atom stereocenters. The molecule has 0 saturated heterocycles. The lowest BCUT2D eigenvalue weighted by Crippen LogP contribution is -2.46. The third-order valence-corrected chi connectivity index (χ3v) is 11.9. The number of hydrogen-bond acceptors (Lipinski definition) is 5. The molecule has 0 saturated carbocycles. The van der Waals surface area contributed by atoms with Gasteiger partial charge < -0.3 is 20.3 Å². The second-order valence-electron chi connectivity index (χ2n) is 18.0. The predicted octanol–water partition coefficient (Wildman–Crippen LogP) is 16.2. The van der Waals surface area contributed by atoms with Gasteiger partial charge in [-0.1, -0.05) is 235 Å². The zero-order chi connectivity index (χ0) is 45.9. The standard InChI is InChI=1S/C57H101NO5/c1-4-7-10-13-16-19-22-24-26-28-29-31-33-35-38-41-44-47-50-57(62)63-53(48-45-42-39-36-34-32-30-27-25-23-20-17-14-11-8-5-2)51-56(61)58-54(52-59)55(60)49-46-43-40-37-21-18-15-12-9-6-3/h17,20,23,25-32,34,53-55,59-60H,4-16,18-19,21-22,24,33,35-52H2,1-3H3,(H,58,61)/b20-17+,25-23+,28-26+,30-27+,31-29+,34-32+. The van der Waals surface area contributed by atoms with Crippen molar-refractivity contribution in [1.29, 1.82) is 0 Å². The second kappa shape index (κ2) is 50.3. The van der Waals surface area contributed by atoms with Crippen LogP contribution in [-0.2, 0) is 14.3 Å². The number of aliphatic hydroxyl groups excluding tert-OH is 2. The predicted molar refractivity (Wildman–Crippen MR) is 273 cm³/mol. The fourth-order valence-corrected chi connectivity index (χ4v) is 7.79. The Morgan fingerprint density at radius 2 is 0.810 bits per heavy atom. The molecule has 63 heavy (non-hydrogen) atoms. The number of esters is 1. The van der Waals surface area contributed by atoms with Crippen molar-refractivity contribution in [2.45, 2.75) is 270 Å². The van der Waals surface area contributed by atoms with Crippen molar-refractivity contribution < 1.29 is 24.5 Å². The van der Waals surface area contributed by atoms with E-state index in [0.717, 1.165) is 89.9 Å². The number of nitrogens with one attached hydrogen (secondary N) is 1. The van der Waals surface area contributed by atoms with Gasteiger partial charge in [0.15, 0.2) is 0 Å². The van der Waals surface area contributed by atoms with Crippen LogP contribution in [0.4, 0.5) is 0 Å². The molecule has 0 fully saturated rings. The summed E-state index contributed by atoms with van der Waals surface area (Å²) in [7, 11) is 0. The Bertz CT molecular complexity index is 1170. The van der Waals surface area contributed by atoms with Crippen molar-refractivity contribution in [2.75, 3.05) is 6.61 Å². The SMILES string of the molecule is CCCCC/C=C/C=C/C=C/C=C/CCCCCC(CC(=O)NC(CO)C(O)CCCCCCCCCCCC)OC(=O)CCCCCCC/C=C/C=C/CCCCCCCCC. The van der Waals surface area contributed by atoms with Crippen molar-refractivity contribution in [3.63, 3.8) is 0 Å². The van der Waals surface area contributed by atoms with Gasteiger partial charge in [-0.05, 0) is 77.0 Å². The minimum atomic E-state index is -0.803. The first kappa shape index (κ1) is 60.3. The Morgan fingerprint density at radius 1 is 0.460 bits per heavy atom. The minimum Gasteiger partial charge on any atom is -0.462 e. The summed E-state index contributed by atoms with van der Waals surface area (Å²) in [6.45, 7) is 6.42. The number of aliphatic hydroxyl groups is 2. The lowest BCUT2D eigenvalue weighted by molar-refractivity contribution is -0.151. The average Bonchev–Trinajstić information content (AvgIpc) is 3.28. The van der Waals surface area contributed by atoms with E-state index >= 15 is 0 Å². The van der Waals surface area contributed by atoms with E-state index in [2.05, 4.69) is 92.9 Å². The zero-order valence-electron chi connectivity index (χ0n) is 41.4. The maximum absolute atomic E-state index is 13.2. The third kappa shape index (κ3) is 45.7. The molecule has 0 aliphatic rings. The van der Waals surface area contributed by atoms with E-state index in [-0.39, 0.29) is 24.9 Å². The highest BCUT2D eigenvalue weighted by Crippen LogP contribution is 2.17. The minimum absolute atomic E-state index is 0.0428. The molecular weight excluding hydrogens is 779 g/mol. The van der Waals surface area contributed by atoms with E-state index < -0.39 is 18.2 Å². The van der Waals surface area contributed by atoms with Crippen LogP contribution in [-0.4, -0.2) is 46.9 Å². The van der Waals surface area contributed by atoms with E-state index in [1.165, 1.54) is 116 Å².